The molecule has 0 bridgehead atoms. The average molecular weight is 346 g/mol. The van der Waals surface area contributed by atoms with E-state index in [9.17, 15) is 16.8 Å². The van der Waals surface area contributed by atoms with Gasteiger partial charge in [0.15, 0.2) is 0 Å². The van der Waals surface area contributed by atoms with Crippen molar-refractivity contribution in [3.63, 3.8) is 0 Å². The summed E-state index contributed by atoms with van der Waals surface area (Å²) in [5.41, 5.74) is 0.272. The highest BCUT2D eigenvalue weighted by Gasteiger charge is 2.17. The summed E-state index contributed by atoms with van der Waals surface area (Å²) in [6, 6.07) is 8.52. The van der Waals surface area contributed by atoms with Gasteiger partial charge in [-0.2, -0.15) is 0 Å². The monoisotopic (exact) mass is 346 g/mol. The van der Waals surface area contributed by atoms with E-state index in [1.807, 2.05) is 6.92 Å². The Bertz CT molecular complexity index is 837. The molecule has 0 aliphatic rings. The molecule has 0 spiro atoms. The second-order valence-electron chi connectivity index (χ2n) is 4.25. The van der Waals surface area contributed by atoms with Gasteiger partial charge in [0.1, 0.15) is 4.21 Å². The number of sulfonamides is 2. The maximum absolute atomic E-state index is 12.2. The second-order valence-corrected chi connectivity index (χ2v) is 8.89. The molecule has 0 unspecified atom stereocenters. The van der Waals surface area contributed by atoms with Crippen LogP contribution in [0, 0.1) is 0 Å². The van der Waals surface area contributed by atoms with Crippen LogP contribution in [0.2, 0.25) is 0 Å². The third kappa shape index (κ3) is 3.82. The standard InChI is InChI=1S/C12H14N2O4S3/c1-2-10-5-8-12(19-10)21(17,18)14-9-3-6-11(7-4-9)20(13,15)16/h3-8,14H,2H2,1H3,(H2,13,15,16). The van der Waals surface area contributed by atoms with Gasteiger partial charge in [0.05, 0.1) is 4.90 Å². The summed E-state index contributed by atoms with van der Waals surface area (Å²) in [7, 11) is -7.45. The Morgan fingerprint density at radius 1 is 1.05 bits per heavy atom. The Morgan fingerprint density at radius 2 is 1.67 bits per heavy atom. The van der Waals surface area contributed by atoms with Gasteiger partial charge in [0.2, 0.25) is 10.0 Å². The van der Waals surface area contributed by atoms with Crippen molar-refractivity contribution in [3.8, 4) is 0 Å². The fourth-order valence-corrected chi connectivity index (χ4v) is 4.48. The minimum absolute atomic E-state index is 0.0742. The van der Waals surface area contributed by atoms with E-state index < -0.39 is 20.0 Å². The van der Waals surface area contributed by atoms with Crippen molar-refractivity contribution < 1.29 is 16.8 Å². The van der Waals surface area contributed by atoms with E-state index in [0.717, 1.165) is 11.3 Å². The zero-order valence-corrected chi connectivity index (χ0v) is 13.6. The third-order valence-electron chi connectivity index (χ3n) is 2.69. The van der Waals surface area contributed by atoms with Crippen LogP contribution in [0.1, 0.15) is 11.8 Å². The molecule has 0 saturated carbocycles. The molecule has 0 saturated heterocycles. The van der Waals surface area contributed by atoms with Crippen LogP contribution < -0.4 is 9.86 Å². The highest BCUT2D eigenvalue weighted by atomic mass is 32.2. The van der Waals surface area contributed by atoms with Crippen molar-refractivity contribution in [1.82, 2.24) is 0 Å². The fourth-order valence-electron chi connectivity index (χ4n) is 1.61. The van der Waals surface area contributed by atoms with Gasteiger partial charge < -0.3 is 0 Å². The number of anilines is 1. The van der Waals surface area contributed by atoms with Crippen molar-refractivity contribution in [1.29, 1.82) is 0 Å². The average Bonchev–Trinajstić information content (AvgIpc) is 2.87. The van der Waals surface area contributed by atoms with Crippen molar-refractivity contribution >= 4 is 37.1 Å². The van der Waals surface area contributed by atoms with Crippen molar-refractivity contribution in [2.45, 2.75) is 22.4 Å². The first-order chi connectivity index (χ1) is 9.72. The molecular formula is C12H14N2O4S3. The van der Waals surface area contributed by atoms with E-state index in [1.165, 1.54) is 35.6 Å². The summed E-state index contributed by atoms with van der Waals surface area (Å²) in [5.74, 6) is 0. The predicted octanol–water partition coefficient (Wildman–Crippen LogP) is 1.76. The van der Waals surface area contributed by atoms with Crippen LogP contribution in [0.4, 0.5) is 5.69 Å². The number of hydrogen-bond donors (Lipinski definition) is 2. The lowest BCUT2D eigenvalue weighted by Crippen LogP contribution is -2.13. The van der Waals surface area contributed by atoms with Gasteiger partial charge in [-0.25, -0.2) is 22.0 Å². The minimum atomic E-state index is -3.79. The van der Waals surface area contributed by atoms with Gasteiger partial charge in [-0.1, -0.05) is 6.92 Å². The zero-order chi connectivity index (χ0) is 15.7. The maximum Gasteiger partial charge on any atom is 0.271 e. The Labute approximate surface area is 127 Å². The molecule has 0 fully saturated rings. The van der Waals surface area contributed by atoms with Gasteiger partial charge in [-0.05, 0) is 42.8 Å². The minimum Gasteiger partial charge on any atom is -0.279 e. The molecule has 1 aromatic heterocycles. The van der Waals surface area contributed by atoms with E-state index in [4.69, 9.17) is 5.14 Å². The molecule has 3 N–H and O–H groups in total. The largest absolute Gasteiger partial charge is 0.279 e. The number of hydrogen-bond acceptors (Lipinski definition) is 5. The van der Waals surface area contributed by atoms with Gasteiger partial charge in [-0.15, -0.1) is 11.3 Å². The molecule has 114 valence electrons. The Balaban J connectivity index is 2.24. The quantitative estimate of drug-likeness (QED) is 0.860. The molecule has 0 radical (unpaired) electrons. The van der Waals surface area contributed by atoms with Crippen LogP contribution >= 0.6 is 11.3 Å². The number of thiophene rings is 1. The number of nitrogens with two attached hydrogens (primary N) is 1. The number of primary sulfonamides is 1. The van der Waals surface area contributed by atoms with Crippen LogP contribution in [-0.4, -0.2) is 16.8 Å². The first kappa shape index (κ1) is 16.0. The van der Waals surface area contributed by atoms with Crippen LogP contribution in [0.25, 0.3) is 0 Å². The number of rotatable bonds is 5. The molecule has 1 heterocycles. The number of nitrogens with one attached hydrogen (secondary N) is 1. The lowest BCUT2D eigenvalue weighted by Gasteiger charge is -2.06. The molecule has 0 amide bonds. The summed E-state index contributed by atoms with van der Waals surface area (Å²) in [6.07, 6.45) is 0.767. The molecule has 2 aromatic rings. The van der Waals surface area contributed by atoms with Crippen molar-refractivity contribution in [2.75, 3.05) is 4.72 Å². The van der Waals surface area contributed by atoms with E-state index in [-0.39, 0.29) is 14.8 Å². The second kappa shape index (κ2) is 5.76. The van der Waals surface area contributed by atoms with E-state index in [0.29, 0.717) is 0 Å². The summed E-state index contributed by atoms with van der Waals surface area (Å²) in [4.78, 5) is 0.898. The molecule has 6 nitrogen and oxygen atoms in total. The van der Waals surface area contributed by atoms with Crippen LogP contribution in [0.15, 0.2) is 45.5 Å². The van der Waals surface area contributed by atoms with Gasteiger partial charge >= 0.3 is 0 Å². The Hall–Kier alpha value is -1.42. The number of benzene rings is 1. The lowest BCUT2D eigenvalue weighted by molar-refractivity contribution is 0.597. The zero-order valence-electron chi connectivity index (χ0n) is 11.1. The Morgan fingerprint density at radius 3 is 2.14 bits per heavy atom. The molecule has 9 heteroatoms. The summed E-state index contributed by atoms with van der Waals surface area (Å²) >= 11 is 1.20. The first-order valence-electron chi connectivity index (χ1n) is 5.97. The normalized spacial score (nSPS) is 12.3. The molecule has 2 rings (SSSR count). The summed E-state index contributed by atoms with van der Waals surface area (Å²) in [6.45, 7) is 1.95. The highest BCUT2D eigenvalue weighted by molar-refractivity contribution is 7.94. The molecule has 0 aliphatic carbocycles. The number of aryl methyl sites for hydroxylation is 1. The topological polar surface area (TPSA) is 106 Å². The predicted molar refractivity (Wildman–Crippen MR) is 82.3 cm³/mol. The SMILES string of the molecule is CCc1ccc(S(=O)(=O)Nc2ccc(S(N)(=O)=O)cc2)s1. The van der Waals surface area contributed by atoms with Crippen molar-refractivity contribution in [2.24, 2.45) is 5.14 Å². The molecule has 21 heavy (non-hydrogen) atoms. The molecule has 1 aromatic carbocycles. The fraction of sp³-hybridized carbons (Fsp3) is 0.167. The molecule has 0 aliphatic heterocycles. The van der Waals surface area contributed by atoms with E-state index >= 15 is 0 Å². The van der Waals surface area contributed by atoms with Crippen molar-refractivity contribution in [3.05, 3.63) is 41.3 Å². The smallest absolute Gasteiger partial charge is 0.271 e. The van der Waals surface area contributed by atoms with E-state index in [2.05, 4.69) is 4.72 Å². The van der Waals surface area contributed by atoms with Gasteiger partial charge in [-0.3, -0.25) is 4.72 Å². The summed E-state index contributed by atoms with van der Waals surface area (Å²) in [5, 5.41) is 4.98. The Kier molecular flexibility index (Phi) is 4.38. The third-order valence-corrected chi connectivity index (χ3v) is 6.72. The van der Waals surface area contributed by atoms with E-state index in [1.54, 1.807) is 12.1 Å². The highest BCUT2D eigenvalue weighted by Crippen LogP contribution is 2.24. The molecular weight excluding hydrogens is 332 g/mol. The lowest BCUT2D eigenvalue weighted by atomic mass is 10.3. The van der Waals surface area contributed by atoms with Crippen LogP contribution in [0.5, 0.6) is 0 Å². The first-order valence-corrected chi connectivity index (χ1v) is 9.81. The van der Waals surface area contributed by atoms with Crippen LogP contribution in [0.3, 0.4) is 0 Å². The molecule has 0 atom stereocenters. The van der Waals surface area contributed by atoms with Gasteiger partial charge in [0.25, 0.3) is 10.0 Å². The summed E-state index contributed by atoms with van der Waals surface area (Å²) < 4.78 is 49.2. The van der Waals surface area contributed by atoms with Crippen LogP contribution in [-0.2, 0) is 26.5 Å². The van der Waals surface area contributed by atoms with Gasteiger partial charge in [0, 0.05) is 10.6 Å². The maximum atomic E-state index is 12.2.